The van der Waals surface area contributed by atoms with Crippen LogP contribution in [0.1, 0.15) is 13.3 Å². The second-order valence-corrected chi connectivity index (χ2v) is 7.36. The number of anilines is 1. The number of hydrogen-bond donors (Lipinski definition) is 2. The Morgan fingerprint density at radius 1 is 1.28 bits per heavy atom. The molecule has 0 unspecified atom stereocenters. The third-order valence-electron chi connectivity index (χ3n) is 2.21. The third-order valence-corrected chi connectivity index (χ3v) is 4.75. The molecule has 7 heteroatoms. The molecule has 4 nitrogen and oxygen atoms in total. The largest absolute Gasteiger partial charge is 0.317 e. The van der Waals surface area contributed by atoms with Gasteiger partial charge in [0.25, 0.3) is 0 Å². The quantitative estimate of drug-likeness (QED) is 0.693. The van der Waals surface area contributed by atoms with Crippen LogP contribution < -0.4 is 10.0 Å². The normalized spacial score (nSPS) is 11.5. The van der Waals surface area contributed by atoms with Crippen LogP contribution in [0.5, 0.6) is 0 Å². The molecule has 0 saturated carbocycles. The molecule has 0 atom stereocenters. The van der Waals surface area contributed by atoms with Crippen molar-refractivity contribution in [3.63, 3.8) is 0 Å². The summed E-state index contributed by atoms with van der Waals surface area (Å²) >= 11 is 6.63. The summed E-state index contributed by atoms with van der Waals surface area (Å²) in [4.78, 5) is 0. The Hall–Kier alpha value is -0.110. The first-order valence-corrected chi connectivity index (χ1v) is 8.84. The summed E-state index contributed by atoms with van der Waals surface area (Å²) in [6.45, 7) is 3.55. The molecule has 0 aromatic heterocycles. The number of hydrogen-bond acceptors (Lipinski definition) is 3. The molecule has 1 aromatic rings. The molecule has 18 heavy (non-hydrogen) atoms. The average Bonchev–Trinajstić information content (AvgIpc) is 2.29. The van der Waals surface area contributed by atoms with Crippen molar-refractivity contribution in [3.8, 4) is 0 Å². The second-order valence-electron chi connectivity index (χ2n) is 3.75. The minimum atomic E-state index is -3.30. The number of sulfonamides is 1. The molecule has 1 rings (SSSR count). The maximum Gasteiger partial charge on any atom is 0.232 e. The van der Waals surface area contributed by atoms with Crippen LogP contribution in [-0.2, 0) is 10.0 Å². The summed E-state index contributed by atoms with van der Waals surface area (Å²) in [6.07, 6.45) is 0.592. The van der Waals surface area contributed by atoms with E-state index in [1.807, 2.05) is 13.0 Å². The van der Waals surface area contributed by atoms with E-state index in [1.165, 1.54) is 0 Å². The van der Waals surface area contributed by atoms with Gasteiger partial charge in [0.05, 0.1) is 11.4 Å². The molecule has 0 radical (unpaired) electrons. The summed E-state index contributed by atoms with van der Waals surface area (Å²) in [7, 11) is -3.30. The molecule has 0 saturated heterocycles. The molecular formula is C11H16Br2N2O2S. The topological polar surface area (TPSA) is 58.2 Å². The smallest absolute Gasteiger partial charge is 0.232 e. The molecule has 0 heterocycles. The predicted molar refractivity (Wildman–Crippen MR) is 82.4 cm³/mol. The van der Waals surface area contributed by atoms with Gasteiger partial charge in [0, 0.05) is 8.95 Å². The van der Waals surface area contributed by atoms with Crippen LogP contribution in [0.4, 0.5) is 5.69 Å². The highest BCUT2D eigenvalue weighted by Crippen LogP contribution is 2.27. The van der Waals surface area contributed by atoms with Gasteiger partial charge in [0.1, 0.15) is 0 Å². The van der Waals surface area contributed by atoms with Crippen molar-refractivity contribution in [1.29, 1.82) is 0 Å². The fourth-order valence-corrected chi connectivity index (χ4v) is 3.33. The van der Waals surface area contributed by atoms with Crippen molar-refractivity contribution in [3.05, 3.63) is 27.1 Å². The predicted octanol–water partition coefficient (Wildman–Crippen LogP) is 2.95. The summed E-state index contributed by atoms with van der Waals surface area (Å²) in [5.41, 5.74) is 0.549. The molecule has 102 valence electrons. The van der Waals surface area contributed by atoms with Gasteiger partial charge in [0.15, 0.2) is 0 Å². The minimum Gasteiger partial charge on any atom is -0.317 e. The Morgan fingerprint density at radius 2 is 2.00 bits per heavy atom. The van der Waals surface area contributed by atoms with Gasteiger partial charge in [-0.05, 0) is 53.6 Å². The Kier molecular flexibility index (Phi) is 6.62. The van der Waals surface area contributed by atoms with Crippen molar-refractivity contribution >= 4 is 47.6 Å². The van der Waals surface area contributed by atoms with Crippen LogP contribution in [0.15, 0.2) is 27.1 Å². The van der Waals surface area contributed by atoms with Crippen LogP contribution in [0.2, 0.25) is 0 Å². The van der Waals surface area contributed by atoms with E-state index < -0.39 is 10.0 Å². The number of rotatable bonds is 7. The molecule has 0 bridgehead atoms. The monoisotopic (exact) mass is 398 g/mol. The van der Waals surface area contributed by atoms with E-state index in [4.69, 9.17) is 0 Å². The van der Waals surface area contributed by atoms with Crippen molar-refractivity contribution in [2.45, 2.75) is 13.3 Å². The van der Waals surface area contributed by atoms with Gasteiger partial charge in [0.2, 0.25) is 10.0 Å². The van der Waals surface area contributed by atoms with Crippen LogP contribution in [0.3, 0.4) is 0 Å². The van der Waals surface area contributed by atoms with E-state index in [9.17, 15) is 8.42 Å². The van der Waals surface area contributed by atoms with Gasteiger partial charge in [-0.15, -0.1) is 0 Å². The molecule has 0 aliphatic carbocycles. The Bertz CT molecular complexity index is 492. The molecular weight excluding hydrogens is 384 g/mol. The molecule has 0 amide bonds. The highest BCUT2D eigenvalue weighted by Gasteiger charge is 2.12. The van der Waals surface area contributed by atoms with E-state index in [-0.39, 0.29) is 5.75 Å². The fourth-order valence-electron chi connectivity index (χ4n) is 1.36. The first-order chi connectivity index (χ1) is 8.44. The Morgan fingerprint density at radius 3 is 2.67 bits per heavy atom. The highest BCUT2D eigenvalue weighted by molar-refractivity contribution is 9.11. The van der Waals surface area contributed by atoms with Gasteiger partial charge in [-0.2, -0.15) is 0 Å². The molecule has 0 fully saturated rings. The van der Waals surface area contributed by atoms with Crippen molar-refractivity contribution in [2.75, 3.05) is 23.6 Å². The lowest BCUT2D eigenvalue weighted by atomic mass is 10.3. The van der Waals surface area contributed by atoms with Crippen molar-refractivity contribution in [1.82, 2.24) is 5.32 Å². The minimum absolute atomic E-state index is 0.110. The van der Waals surface area contributed by atoms with Gasteiger partial charge in [-0.1, -0.05) is 22.9 Å². The zero-order valence-corrected chi connectivity index (χ0v) is 14.0. The number of nitrogens with one attached hydrogen (secondary N) is 2. The van der Waals surface area contributed by atoms with Gasteiger partial charge < -0.3 is 5.32 Å². The van der Waals surface area contributed by atoms with Crippen LogP contribution in [0, 0.1) is 0 Å². The van der Waals surface area contributed by atoms with E-state index in [1.54, 1.807) is 12.1 Å². The summed E-state index contributed by atoms with van der Waals surface area (Å²) < 4.78 is 27.8. The summed E-state index contributed by atoms with van der Waals surface area (Å²) in [6, 6.07) is 5.36. The lowest BCUT2D eigenvalue weighted by molar-refractivity contribution is 0.595. The second kappa shape index (κ2) is 7.47. The number of benzene rings is 1. The van der Waals surface area contributed by atoms with Crippen LogP contribution in [0.25, 0.3) is 0 Å². The summed E-state index contributed by atoms with van der Waals surface area (Å²) in [5, 5.41) is 3.10. The zero-order chi connectivity index (χ0) is 13.6. The van der Waals surface area contributed by atoms with E-state index in [0.717, 1.165) is 15.5 Å². The standard InChI is InChI=1S/C11H16Br2N2O2S/c1-2-14-6-3-7-18(16,17)15-11-8-9(12)4-5-10(11)13/h4-5,8,14-15H,2-3,6-7H2,1H3. The van der Waals surface area contributed by atoms with Gasteiger partial charge in [-0.25, -0.2) is 8.42 Å². The molecule has 2 N–H and O–H groups in total. The van der Waals surface area contributed by atoms with Gasteiger partial charge in [-0.3, -0.25) is 4.72 Å². The first-order valence-electron chi connectivity index (χ1n) is 5.61. The Balaban J connectivity index is 2.62. The van der Waals surface area contributed by atoms with Crippen molar-refractivity contribution < 1.29 is 8.42 Å². The van der Waals surface area contributed by atoms with E-state index >= 15 is 0 Å². The highest BCUT2D eigenvalue weighted by atomic mass is 79.9. The van der Waals surface area contributed by atoms with Crippen LogP contribution in [-0.4, -0.2) is 27.3 Å². The first kappa shape index (κ1) is 15.9. The lowest BCUT2D eigenvalue weighted by Gasteiger charge is -2.10. The van der Waals surface area contributed by atoms with Crippen LogP contribution >= 0.6 is 31.9 Å². The fraction of sp³-hybridized carbons (Fsp3) is 0.455. The van der Waals surface area contributed by atoms with Gasteiger partial charge >= 0.3 is 0 Å². The molecule has 0 spiro atoms. The Labute approximate surface area is 125 Å². The maximum absolute atomic E-state index is 11.9. The third kappa shape index (κ3) is 5.69. The SMILES string of the molecule is CCNCCCS(=O)(=O)Nc1cc(Br)ccc1Br. The van der Waals surface area contributed by atoms with Crippen molar-refractivity contribution in [2.24, 2.45) is 0 Å². The summed E-state index contributed by atoms with van der Waals surface area (Å²) in [5.74, 6) is 0.110. The zero-order valence-electron chi connectivity index (χ0n) is 10.0. The van der Waals surface area contributed by atoms with E-state index in [0.29, 0.717) is 18.7 Å². The van der Waals surface area contributed by atoms with E-state index in [2.05, 4.69) is 41.9 Å². The molecule has 0 aliphatic heterocycles. The number of halogens is 2. The molecule has 0 aliphatic rings. The average molecular weight is 400 g/mol. The molecule has 1 aromatic carbocycles. The maximum atomic E-state index is 11.9. The lowest BCUT2D eigenvalue weighted by Crippen LogP contribution is -2.22.